The van der Waals surface area contributed by atoms with Crippen molar-refractivity contribution < 1.29 is 9.84 Å². The van der Waals surface area contributed by atoms with E-state index >= 15 is 0 Å². The molecular weight excluding hydrogens is 238 g/mol. The van der Waals surface area contributed by atoms with Gasteiger partial charge in [0.1, 0.15) is 6.23 Å². The summed E-state index contributed by atoms with van der Waals surface area (Å²) in [5.41, 5.74) is 1.21. The van der Waals surface area contributed by atoms with Gasteiger partial charge in [0, 0.05) is 12.6 Å². The summed E-state index contributed by atoms with van der Waals surface area (Å²) in [5, 5.41) is 9.40. The van der Waals surface area contributed by atoms with Crippen molar-refractivity contribution in [3.8, 4) is 0 Å². The molecule has 3 rings (SSSR count). The molecule has 0 spiro atoms. The van der Waals surface area contributed by atoms with E-state index in [0.717, 1.165) is 6.54 Å². The quantitative estimate of drug-likeness (QED) is 0.908. The van der Waals surface area contributed by atoms with Crippen LogP contribution in [0, 0.1) is 0 Å². The maximum Gasteiger partial charge on any atom is 0.137 e. The average Bonchev–Trinajstić information content (AvgIpc) is 2.93. The molecule has 1 aromatic rings. The fourth-order valence-electron chi connectivity index (χ4n) is 3.38. The molecule has 1 saturated carbocycles. The average molecular weight is 261 g/mol. The van der Waals surface area contributed by atoms with Gasteiger partial charge in [0.25, 0.3) is 0 Å². The van der Waals surface area contributed by atoms with Gasteiger partial charge in [-0.25, -0.2) is 0 Å². The van der Waals surface area contributed by atoms with E-state index in [4.69, 9.17) is 4.74 Å². The zero-order valence-corrected chi connectivity index (χ0v) is 11.4. The lowest BCUT2D eigenvalue weighted by atomic mass is 9.93. The van der Waals surface area contributed by atoms with Crippen LogP contribution in [0.25, 0.3) is 0 Å². The van der Waals surface area contributed by atoms with Crippen LogP contribution in [0.2, 0.25) is 0 Å². The minimum atomic E-state index is -0.0351. The van der Waals surface area contributed by atoms with E-state index in [9.17, 15) is 5.11 Å². The van der Waals surface area contributed by atoms with Crippen LogP contribution < -0.4 is 0 Å². The fourth-order valence-corrected chi connectivity index (χ4v) is 3.38. The first kappa shape index (κ1) is 13.1. The minimum absolute atomic E-state index is 0.0291. The highest BCUT2D eigenvalue weighted by atomic mass is 16.5. The normalized spacial score (nSPS) is 29.7. The third-order valence-corrected chi connectivity index (χ3v) is 4.37. The molecule has 104 valence electrons. The molecule has 3 nitrogen and oxygen atoms in total. The van der Waals surface area contributed by atoms with Crippen LogP contribution >= 0.6 is 0 Å². The molecule has 1 aliphatic heterocycles. The summed E-state index contributed by atoms with van der Waals surface area (Å²) >= 11 is 0. The monoisotopic (exact) mass is 261 g/mol. The van der Waals surface area contributed by atoms with Crippen molar-refractivity contribution in [1.82, 2.24) is 4.90 Å². The van der Waals surface area contributed by atoms with Gasteiger partial charge in [-0.2, -0.15) is 0 Å². The molecular formula is C16H23NO2. The van der Waals surface area contributed by atoms with Crippen molar-refractivity contribution in [2.75, 3.05) is 13.2 Å². The largest absolute Gasteiger partial charge is 0.394 e. The van der Waals surface area contributed by atoms with Crippen molar-refractivity contribution in [3.63, 3.8) is 0 Å². The van der Waals surface area contributed by atoms with Crippen LogP contribution in [0.3, 0.4) is 0 Å². The van der Waals surface area contributed by atoms with E-state index in [2.05, 4.69) is 29.2 Å². The van der Waals surface area contributed by atoms with Crippen LogP contribution in [0.15, 0.2) is 30.3 Å². The second-order valence-corrected chi connectivity index (χ2v) is 5.69. The van der Waals surface area contributed by atoms with Gasteiger partial charge in [-0.3, -0.25) is 4.90 Å². The lowest BCUT2D eigenvalue weighted by Gasteiger charge is -2.34. The van der Waals surface area contributed by atoms with Crippen LogP contribution in [0.5, 0.6) is 0 Å². The van der Waals surface area contributed by atoms with Gasteiger partial charge in [0.05, 0.1) is 12.7 Å². The molecule has 2 aliphatic rings. The molecule has 1 aromatic carbocycles. The minimum Gasteiger partial charge on any atom is -0.394 e. The lowest BCUT2D eigenvalue weighted by Crippen LogP contribution is -2.37. The highest BCUT2D eigenvalue weighted by Crippen LogP contribution is 2.36. The van der Waals surface area contributed by atoms with Gasteiger partial charge in [0.2, 0.25) is 0 Å². The summed E-state index contributed by atoms with van der Waals surface area (Å²) in [4.78, 5) is 2.47. The Morgan fingerprint density at radius 3 is 2.53 bits per heavy atom. The van der Waals surface area contributed by atoms with Crippen LogP contribution in [0.4, 0.5) is 0 Å². The molecule has 1 saturated heterocycles. The third-order valence-electron chi connectivity index (χ3n) is 4.37. The van der Waals surface area contributed by atoms with E-state index in [1.165, 1.54) is 37.7 Å². The van der Waals surface area contributed by atoms with E-state index < -0.39 is 0 Å². The molecule has 2 fully saturated rings. The number of rotatable bonds is 3. The van der Waals surface area contributed by atoms with Crippen LogP contribution in [0.1, 0.15) is 43.9 Å². The zero-order chi connectivity index (χ0) is 13.1. The number of hydrogen-bond acceptors (Lipinski definition) is 3. The number of nitrogens with zero attached hydrogens (tertiary/aromatic N) is 1. The Balaban J connectivity index is 1.79. The lowest BCUT2D eigenvalue weighted by molar-refractivity contribution is -0.0343. The standard InChI is InChI=1S/C16H23NO2/c18-12-15-11-17(14-9-5-2-6-10-14)16(19-15)13-7-3-1-4-8-13/h1,3-4,7-8,14-16,18H,2,5-6,9-12H2. The molecule has 2 unspecified atom stereocenters. The van der Waals surface area contributed by atoms with Gasteiger partial charge in [-0.1, -0.05) is 49.6 Å². The SMILES string of the molecule is OCC1CN(C2CCCCC2)C(c2ccccc2)O1. The molecule has 0 bridgehead atoms. The molecule has 0 amide bonds. The molecule has 0 radical (unpaired) electrons. The summed E-state index contributed by atoms with van der Waals surface area (Å²) in [6, 6.07) is 11.0. The Morgan fingerprint density at radius 1 is 1.11 bits per heavy atom. The van der Waals surface area contributed by atoms with E-state index in [0.29, 0.717) is 6.04 Å². The van der Waals surface area contributed by atoms with Gasteiger partial charge in [-0.15, -0.1) is 0 Å². The summed E-state index contributed by atoms with van der Waals surface area (Å²) in [6.07, 6.45) is 6.55. The first-order valence-corrected chi connectivity index (χ1v) is 7.45. The molecule has 1 N–H and O–H groups in total. The topological polar surface area (TPSA) is 32.7 Å². The van der Waals surface area contributed by atoms with E-state index in [1.807, 2.05) is 6.07 Å². The Labute approximate surface area is 115 Å². The maximum atomic E-state index is 9.40. The Bertz CT molecular complexity index is 389. The number of ether oxygens (including phenoxy) is 1. The second-order valence-electron chi connectivity index (χ2n) is 5.69. The Morgan fingerprint density at radius 2 is 1.84 bits per heavy atom. The number of aliphatic hydroxyl groups is 1. The van der Waals surface area contributed by atoms with E-state index in [1.54, 1.807) is 0 Å². The predicted molar refractivity (Wildman–Crippen MR) is 74.7 cm³/mol. The molecule has 1 aliphatic carbocycles. The molecule has 19 heavy (non-hydrogen) atoms. The predicted octanol–water partition coefficient (Wildman–Crippen LogP) is 2.71. The van der Waals surface area contributed by atoms with Gasteiger partial charge >= 0.3 is 0 Å². The summed E-state index contributed by atoms with van der Waals surface area (Å²) in [6.45, 7) is 0.979. The fraction of sp³-hybridized carbons (Fsp3) is 0.625. The Kier molecular flexibility index (Phi) is 4.16. The van der Waals surface area contributed by atoms with Crippen molar-refractivity contribution >= 4 is 0 Å². The first-order valence-electron chi connectivity index (χ1n) is 7.45. The van der Waals surface area contributed by atoms with Crippen molar-refractivity contribution in [1.29, 1.82) is 0 Å². The van der Waals surface area contributed by atoms with Crippen molar-refractivity contribution in [2.24, 2.45) is 0 Å². The molecule has 1 heterocycles. The number of hydrogen-bond donors (Lipinski definition) is 1. The molecule has 0 aromatic heterocycles. The molecule has 3 heteroatoms. The van der Waals surface area contributed by atoms with Gasteiger partial charge < -0.3 is 9.84 Å². The Hall–Kier alpha value is -0.900. The number of benzene rings is 1. The maximum absolute atomic E-state index is 9.40. The summed E-state index contributed by atoms with van der Waals surface area (Å²) in [5.74, 6) is 0. The highest BCUT2D eigenvalue weighted by molar-refractivity contribution is 5.18. The third kappa shape index (κ3) is 2.83. The smallest absolute Gasteiger partial charge is 0.137 e. The van der Waals surface area contributed by atoms with Gasteiger partial charge in [-0.05, 0) is 18.4 Å². The summed E-state index contributed by atoms with van der Waals surface area (Å²) in [7, 11) is 0. The summed E-state index contributed by atoms with van der Waals surface area (Å²) < 4.78 is 6.04. The zero-order valence-electron chi connectivity index (χ0n) is 11.4. The van der Waals surface area contributed by atoms with Crippen LogP contribution in [-0.2, 0) is 4.74 Å². The van der Waals surface area contributed by atoms with Gasteiger partial charge in [0.15, 0.2) is 0 Å². The van der Waals surface area contributed by atoms with Crippen molar-refractivity contribution in [3.05, 3.63) is 35.9 Å². The highest BCUT2D eigenvalue weighted by Gasteiger charge is 2.37. The number of aliphatic hydroxyl groups excluding tert-OH is 1. The second kappa shape index (κ2) is 6.04. The molecule has 2 atom stereocenters. The van der Waals surface area contributed by atoms with Crippen molar-refractivity contribution in [2.45, 2.75) is 50.5 Å². The first-order chi connectivity index (χ1) is 9.38. The van der Waals surface area contributed by atoms with E-state index in [-0.39, 0.29) is 18.9 Å². The van der Waals surface area contributed by atoms with Crippen LogP contribution in [-0.4, -0.2) is 35.3 Å².